The van der Waals surface area contributed by atoms with Gasteiger partial charge in [0.25, 0.3) is 0 Å². The number of nitrogens with one attached hydrogen (secondary N) is 1. The molecule has 1 amide bonds. The number of benzene rings is 1. The van der Waals surface area contributed by atoms with Gasteiger partial charge in [0, 0.05) is 16.5 Å². The molecule has 0 spiro atoms. The molecule has 33 heavy (non-hydrogen) atoms. The fourth-order valence-corrected chi connectivity index (χ4v) is 6.99. The van der Waals surface area contributed by atoms with Crippen LogP contribution in [-0.2, 0) is 17.6 Å². The molecule has 3 heterocycles. The molecule has 1 fully saturated rings. The van der Waals surface area contributed by atoms with E-state index in [1.165, 1.54) is 34.0 Å². The van der Waals surface area contributed by atoms with Crippen LogP contribution in [0, 0.1) is 19.8 Å². The standard InChI is InChI=1S/C25H27N5OS2/c1-13-7-10-17-18(11-13)33-24-20(17)23-28-29-25(30(23)22(27-24)16-8-9-16)32-12-19(31)26-21-14(2)5-4-6-15(21)3/h4-6,13,16H,7-12H2,1-3H3,(H,26,31). The minimum absolute atomic E-state index is 0.0296. The first-order chi connectivity index (χ1) is 16.0. The lowest BCUT2D eigenvalue weighted by Crippen LogP contribution is -2.16. The fourth-order valence-electron chi connectivity index (χ4n) is 4.86. The van der Waals surface area contributed by atoms with Crippen LogP contribution in [0.15, 0.2) is 23.4 Å². The normalized spacial score (nSPS) is 18.1. The number of thioether (sulfide) groups is 1. The van der Waals surface area contributed by atoms with Crippen molar-refractivity contribution in [2.24, 2.45) is 5.92 Å². The number of hydrogen-bond acceptors (Lipinski definition) is 6. The smallest absolute Gasteiger partial charge is 0.234 e. The molecule has 6 nitrogen and oxygen atoms in total. The summed E-state index contributed by atoms with van der Waals surface area (Å²) in [7, 11) is 0. The Morgan fingerprint density at radius 1 is 1.21 bits per heavy atom. The van der Waals surface area contributed by atoms with Gasteiger partial charge in [-0.3, -0.25) is 9.20 Å². The zero-order valence-electron chi connectivity index (χ0n) is 19.1. The van der Waals surface area contributed by atoms with E-state index in [1.54, 1.807) is 0 Å². The van der Waals surface area contributed by atoms with E-state index in [4.69, 9.17) is 4.98 Å². The molecule has 0 aliphatic heterocycles. The van der Waals surface area contributed by atoms with Crippen LogP contribution in [0.1, 0.15) is 59.5 Å². The highest BCUT2D eigenvalue weighted by atomic mass is 32.2. The summed E-state index contributed by atoms with van der Waals surface area (Å²) < 4.78 is 2.14. The molecule has 8 heteroatoms. The Bertz CT molecular complexity index is 1380. The lowest BCUT2D eigenvalue weighted by Gasteiger charge is -2.17. The minimum atomic E-state index is -0.0296. The van der Waals surface area contributed by atoms with Gasteiger partial charge in [0.15, 0.2) is 10.8 Å². The molecule has 0 bridgehead atoms. The molecular weight excluding hydrogens is 450 g/mol. The third-order valence-corrected chi connectivity index (χ3v) is 8.89. The summed E-state index contributed by atoms with van der Waals surface area (Å²) in [5.41, 5.74) is 5.38. The second-order valence-electron chi connectivity index (χ2n) is 9.52. The van der Waals surface area contributed by atoms with Gasteiger partial charge in [0.05, 0.1) is 11.1 Å². The number of thiophene rings is 1. The predicted molar refractivity (Wildman–Crippen MR) is 135 cm³/mol. The number of carbonyl (C=O) groups is 1. The van der Waals surface area contributed by atoms with Gasteiger partial charge in [0.2, 0.25) is 5.91 Å². The maximum Gasteiger partial charge on any atom is 0.234 e. The summed E-state index contributed by atoms with van der Waals surface area (Å²) in [5, 5.41) is 14.2. The highest BCUT2D eigenvalue weighted by Crippen LogP contribution is 2.44. The Balaban J connectivity index is 1.34. The van der Waals surface area contributed by atoms with E-state index in [-0.39, 0.29) is 11.7 Å². The van der Waals surface area contributed by atoms with Crippen molar-refractivity contribution in [3.05, 3.63) is 45.6 Å². The second-order valence-corrected chi connectivity index (χ2v) is 11.5. The van der Waals surface area contributed by atoms with E-state index in [2.05, 4.69) is 26.8 Å². The van der Waals surface area contributed by atoms with Gasteiger partial charge >= 0.3 is 0 Å². The molecular formula is C25H27N5OS2. The summed E-state index contributed by atoms with van der Waals surface area (Å²) in [5.74, 6) is 2.51. The van der Waals surface area contributed by atoms with Crippen LogP contribution in [0.2, 0.25) is 0 Å². The highest BCUT2D eigenvalue weighted by molar-refractivity contribution is 7.99. The summed E-state index contributed by atoms with van der Waals surface area (Å²) in [6.45, 7) is 6.37. The number of nitrogens with zero attached hydrogens (tertiary/aromatic N) is 4. The quantitative estimate of drug-likeness (QED) is 0.374. The van der Waals surface area contributed by atoms with E-state index >= 15 is 0 Å². The molecule has 1 N–H and O–H groups in total. The van der Waals surface area contributed by atoms with Crippen molar-refractivity contribution in [2.75, 3.05) is 11.1 Å². The van der Waals surface area contributed by atoms with E-state index in [1.807, 2.05) is 43.4 Å². The van der Waals surface area contributed by atoms with Crippen LogP contribution in [0.5, 0.6) is 0 Å². The monoisotopic (exact) mass is 477 g/mol. The summed E-state index contributed by atoms with van der Waals surface area (Å²) in [6, 6.07) is 6.04. The summed E-state index contributed by atoms with van der Waals surface area (Å²) >= 11 is 3.29. The molecule has 6 rings (SSSR count). The van der Waals surface area contributed by atoms with Crippen molar-refractivity contribution in [1.29, 1.82) is 0 Å². The van der Waals surface area contributed by atoms with Gasteiger partial charge in [-0.05, 0) is 68.6 Å². The predicted octanol–water partition coefficient (Wildman–Crippen LogP) is 5.69. The first kappa shape index (κ1) is 21.1. The maximum atomic E-state index is 12.8. The lowest BCUT2D eigenvalue weighted by molar-refractivity contribution is -0.113. The Morgan fingerprint density at radius 2 is 2.00 bits per heavy atom. The van der Waals surface area contributed by atoms with E-state index < -0.39 is 0 Å². The Kier molecular flexibility index (Phi) is 5.18. The van der Waals surface area contributed by atoms with E-state index in [9.17, 15) is 4.79 Å². The largest absolute Gasteiger partial charge is 0.325 e. The van der Waals surface area contributed by atoms with Gasteiger partial charge in [-0.25, -0.2) is 4.98 Å². The number of rotatable bonds is 5. The molecule has 170 valence electrons. The third kappa shape index (κ3) is 3.73. The fraction of sp³-hybridized carbons (Fsp3) is 0.440. The number of para-hydroxylation sites is 1. The van der Waals surface area contributed by atoms with Crippen molar-refractivity contribution in [2.45, 2.75) is 63.9 Å². The first-order valence-electron chi connectivity index (χ1n) is 11.7. The van der Waals surface area contributed by atoms with Crippen molar-refractivity contribution >= 4 is 50.6 Å². The lowest BCUT2D eigenvalue weighted by atomic mass is 9.89. The second kappa shape index (κ2) is 8.09. The molecule has 3 aromatic heterocycles. The number of aryl methyl sites for hydroxylation is 3. The number of hydrogen-bond donors (Lipinski definition) is 1. The molecule has 0 saturated heterocycles. The maximum absolute atomic E-state index is 12.8. The van der Waals surface area contributed by atoms with E-state index in [0.29, 0.717) is 5.92 Å². The van der Waals surface area contributed by atoms with Crippen LogP contribution in [0.25, 0.3) is 15.9 Å². The highest BCUT2D eigenvalue weighted by Gasteiger charge is 2.32. The van der Waals surface area contributed by atoms with Crippen LogP contribution in [0.4, 0.5) is 5.69 Å². The number of amides is 1. The topological polar surface area (TPSA) is 72.2 Å². The van der Waals surface area contributed by atoms with Gasteiger partial charge < -0.3 is 5.32 Å². The van der Waals surface area contributed by atoms with Crippen molar-refractivity contribution in [1.82, 2.24) is 19.6 Å². The van der Waals surface area contributed by atoms with Crippen LogP contribution in [-0.4, -0.2) is 31.2 Å². The molecule has 1 aromatic carbocycles. The zero-order chi connectivity index (χ0) is 22.7. The average Bonchev–Trinajstić information content (AvgIpc) is 3.45. The third-order valence-electron chi connectivity index (χ3n) is 6.82. The number of carbonyl (C=O) groups excluding carboxylic acids is 1. The van der Waals surface area contributed by atoms with E-state index in [0.717, 1.165) is 69.9 Å². The zero-order valence-corrected chi connectivity index (χ0v) is 20.8. The van der Waals surface area contributed by atoms with Crippen molar-refractivity contribution < 1.29 is 4.79 Å². The van der Waals surface area contributed by atoms with Gasteiger partial charge in [-0.2, -0.15) is 0 Å². The SMILES string of the molecule is Cc1cccc(C)c1NC(=O)CSc1nnc2c3c4c(sc3nc(C3CC3)n12)CC(C)CC4. The van der Waals surface area contributed by atoms with Gasteiger partial charge in [0.1, 0.15) is 10.7 Å². The van der Waals surface area contributed by atoms with Crippen LogP contribution in [0.3, 0.4) is 0 Å². The number of fused-ring (bicyclic) bond motifs is 5. The Labute approximate surface area is 201 Å². The molecule has 0 radical (unpaired) electrons. The van der Waals surface area contributed by atoms with Gasteiger partial charge in [-0.15, -0.1) is 21.5 Å². The molecule has 1 saturated carbocycles. The van der Waals surface area contributed by atoms with Crippen molar-refractivity contribution in [3.8, 4) is 0 Å². The molecule has 1 atom stereocenters. The summed E-state index contributed by atoms with van der Waals surface area (Å²) in [4.78, 5) is 20.5. The average molecular weight is 478 g/mol. The van der Waals surface area contributed by atoms with Crippen molar-refractivity contribution in [3.63, 3.8) is 0 Å². The van der Waals surface area contributed by atoms with Crippen LogP contribution >= 0.6 is 23.1 Å². The van der Waals surface area contributed by atoms with Gasteiger partial charge in [-0.1, -0.05) is 36.9 Å². The number of aromatic nitrogens is 4. The summed E-state index contributed by atoms with van der Waals surface area (Å²) in [6.07, 6.45) is 5.75. The molecule has 2 aliphatic rings. The Morgan fingerprint density at radius 3 is 2.76 bits per heavy atom. The molecule has 1 unspecified atom stereocenters. The minimum Gasteiger partial charge on any atom is -0.325 e. The molecule has 4 aromatic rings. The molecule has 2 aliphatic carbocycles. The van der Waals surface area contributed by atoms with Crippen LogP contribution < -0.4 is 5.32 Å². The first-order valence-corrected chi connectivity index (χ1v) is 13.5. The Hall–Kier alpha value is -2.45. The number of anilines is 1.